The first-order chi connectivity index (χ1) is 9.62. The van der Waals surface area contributed by atoms with E-state index in [1.54, 1.807) is 0 Å². The third-order valence-electron chi connectivity index (χ3n) is 4.89. The molecule has 0 aromatic rings. The molecule has 0 amide bonds. The number of carbonyl (C=O) groups is 1. The molecule has 2 nitrogen and oxygen atoms in total. The van der Waals surface area contributed by atoms with Crippen LogP contribution >= 0.6 is 0 Å². The minimum Gasteiger partial charge on any atom is -0.481 e. The van der Waals surface area contributed by atoms with Crippen LogP contribution in [0.25, 0.3) is 0 Å². The lowest BCUT2D eigenvalue weighted by atomic mass is 9.77. The summed E-state index contributed by atoms with van der Waals surface area (Å²) in [7, 11) is 0. The molecule has 0 spiro atoms. The van der Waals surface area contributed by atoms with Crippen molar-refractivity contribution >= 4 is 5.97 Å². The number of hydrogen-bond donors (Lipinski definition) is 1. The molecule has 0 aromatic carbocycles. The van der Waals surface area contributed by atoms with E-state index in [1.807, 2.05) is 0 Å². The average molecular weight is 282 g/mol. The van der Waals surface area contributed by atoms with Gasteiger partial charge in [0, 0.05) is 0 Å². The maximum Gasteiger partial charge on any atom is 0.303 e. The van der Waals surface area contributed by atoms with Gasteiger partial charge in [-0.1, -0.05) is 84.0 Å². The Kier molecular flexibility index (Phi) is 8.97. The normalized spacial score (nSPS) is 23.4. The molecule has 0 radical (unpaired) electrons. The van der Waals surface area contributed by atoms with E-state index in [-0.39, 0.29) is 5.41 Å². The van der Waals surface area contributed by atoms with Gasteiger partial charge in [-0.05, 0) is 18.3 Å². The fraction of sp³-hybridized carbons (Fsp3) is 0.944. The maximum absolute atomic E-state index is 11.1. The Morgan fingerprint density at radius 3 is 1.35 bits per heavy atom. The summed E-state index contributed by atoms with van der Waals surface area (Å²) >= 11 is 0. The van der Waals surface area contributed by atoms with Gasteiger partial charge in [-0.25, -0.2) is 0 Å². The SMILES string of the molecule is CC1(CC(=O)O)CCCCCCCCCCCCCC1. The van der Waals surface area contributed by atoms with E-state index < -0.39 is 5.97 Å². The van der Waals surface area contributed by atoms with Gasteiger partial charge in [0.25, 0.3) is 0 Å². The summed E-state index contributed by atoms with van der Waals surface area (Å²) in [6.07, 6.45) is 18.6. The Bertz CT molecular complexity index is 244. The standard InChI is InChI=1S/C18H34O2/c1-18(16-17(19)20)14-12-10-8-6-4-2-3-5-7-9-11-13-15-18/h2-16H2,1H3,(H,19,20). The lowest BCUT2D eigenvalue weighted by Gasteiger charge is -2.28. The zero-order valence-electron chi connectivity index (χ0n) is 13.5. The number of aliphatic carboxylic acids is 1. The van der Waals surface area contributed by atoms with Crippen LogP contribution in [-0.2, 0) is 4.79 Å². The average Bonchev–Trinajstić information content (AvgIpc) is 2.38. The molecular formula is C18H34O2. The summed E-state index contributed by atoms with van der Waals surface area (Å²) in [4.78, 5) is 11.1. The highest BCUT2D eigenvalue weighted by molar-refractivity contribution is 5.67. The third-order valence-corrected chi connectivity index (χ3v) is 4.89. The van der Waals surface area contributed by atoms with E-state index >= 15 is 0 Å². The molecule has 0 unspecified atom stereocenters. The molecule has 0 aliphatic heterocycles. The Labute approximate surface area is 125 Å². The van der Waals surface area contributed by atoms with E-state index in [2.05, 4.69) is 6.92 Å². The molecule has 0 atom stereocenters. The number of hydrogen-bond acceptors (Lipinski definition) is 1. The van der Waals surface area contributed by atoms with Gasteiger partial charge in [0.2, 0.25) is 0 Å². The van der Waals surface area contributed by atoms with Gasteiger partial charge >= 0.3 is 5.97 Å². The number of rotatable bonds is 2. The minimum atomic E-state index is -0.620. The molecule has 1 aliphatic rings. The van der Waals surface area contributed by atoms with Crippen LogP contribution in [-0.4, -0.2) is 11.1 Å². The molecule has 1 fully saturated rings. The molecule has 0 bridgehead atoms. The quantitative estimate of drug-likeness (QED) is 0.680. The second-order valence-corrected chi connectivity index (χ2v) is 7.12. The van der Waals surface area contributed by atoms with E-state index in [0.29, 0.717) is 6.42 Å². The molecular weight excluding hydrogens is 248 g/mol. The van der Waals surface area contributed by atoms with Crippen molar-refractivity contribution in [2.24, 2.45) is 5.41 Å². The van der Waals surface area contributed by atoms with Gasteiger partial charge in [-0.3, -0.25) is 4.79 Å². The fourth-order valence-electron chi connectivity index (χ4n) is 3.54. The molecule has 1 N–H and O–H groups in total. The molecule has 0 heterocycles. The highest BCUT2D eigenvalue weighted by Crippen LogP contribution is 2.35. The third kappa shape index (κ3) is 8.60. The van der Waals surface area contributed by atoms with Gasteiger partial charge in [-0.2, -0.15) is 0 Å². The number of carboxylic acids is 1. The van der Waals surface area contributed by atoms with E-state index in [0.717, 1.165) is 12.8 Å². The first-order valence-electron chi connectivity index (χ1n) is 8.84. The van der Waals surface area contributed by atoms with Gasteiger partial charge in [-0.15, -0.1) is 0 Å². The van der Waals surface area contributed by atoms with Crippen molar-refractivity contribution in [3.63, 3.8) is 0 Å². The summed E-state index contributed by atoms with van der Waals surface area (Å²) in [5.41, 5.74) is 0.0337. The van der Waals surface area contributed by atoms with Crippen molar-refractivity contribution in [1.82, 2.24) is 0 Å². The molecule has 1 aliphatic carbocycles. The van der Waals surface area contributed by atoms with Crippen molar-refractivity contribution in [2.75, 3.05) is 0 Å². The Balaban J connectivity index is 2.41. The van der Waals surface area contributed by atoms with Crippen LogP contribution in [0.5, 0.6) is 0 Å². The molecule has 0 saturated heterocycles. The van der Waals surface area contributed by atoms with Crippen LogP contribution in [0.1, 0.15) is 103 Å². The topological polar surface area (TPSA) is 37.3 Å². The van der Waals surface area contributed by atoms with Crippen molar-refractivity contribution in [1.29, 1.82) is 0 Å². The van der Waals surface area contributed by atoms with Gasteiger partial charge in [0.1, 0.15) is 0 Å². The van der Waals surface area contributed by atoms with Gasteiger partial charge in [0.15, 0.2) is 0 Å². The molecule has 1 rings (SSSR count). The van der Waals surface area contributed by atoms with Crippen molar-refractivity contribution in [2.45, 2.75) is 103 Å². The van der Waals surface area contributed by atoms with Crippen LogP contribution in [0.3, 0.4) is 0 Å². The van der Waals surface area contributed by atoms with Crippen LogP contribution in [0.2, 0.25) is 0 Å². The van der Waals surface area contributed by atoms with Gasteiger partial charge < -0.3 is 5.11 Å². The van der Waals surface area contributed by atoms with Crippen molar-refractivity contribution in [3.8, 4) is 0 Å². The first kappa shape index (κ1) is 17.5. The van der Waals surface area contributed by atoms with Crippen molar-refractivity contribution in [3.05, 3.63) is 0 Å². The van der Waals surface area contributed by atoms with Crippen molar-refractivity contribution < 1.29 is 9.90 Å². The second kappa shape index (κ2) is 10.2. The lowest BCUT2D eigenvalue weighted by molar-refractivity contribution is -0.139. The zero-order valence-corrected chi connectivity index (χ0v) is 13.5. The van der Waals surface area contributed by atoms with Crippen LogP contribution < -0.4 is 0 Å². The zero-order chi connectivity index (χ0) is 14.7. The Hall–Kier alpha value is -0.530. The van der Waals surface area contributed by atoms with E-state index in [4.69, 9.17) is 5.11 Å². The highest BCUT2D eigenvalue weighted by Gasteiger charge is 2.26. The molecule has 1 saturated carbocycles. The predicted molar refractivity (Wildman–Crippen MR) is 85.0 cm³/mol. The summed E-state index contributed by atoms with van der Waals surface area (Å²) in [5, 5.41) is 9.14. The predicted octanol–water partition coefficient (Wildman–Crippen LogP) is 5.94. The van der Waals surface area contributed by atoms with E-state index in [1.165, 1.54) is 77.0 Å². The van der Waals surface area contributed by atoms with Crippen LogP contribution in [0.4, 0.5) is 0 Å². The highest BCUT2D eigenvalue weighted by atomic mass is 16.4. The first-order valence-corrected chi connectivity index (χ1v) is 8.84. The Morgan fingerprint density at radius 1 is 0.750 bits per heavy atom. The maximum atomic E-state index is 11.1. The lowest BCUT2D eigenvalue weighted by Crippen LogP contribution is -2.21. The number of carboxylic acid groups (broad SMARTS) is 1. The largest absolute Gasteiger partial charge is 0.481 e. The van der Waals surface area contributed by atoms with Gasteiger partial charge in [0.05, 0.1) is 6.42 Å². The molecule has 0 aromatic heterocycles. The minimum absolute atomic E-state index is 0.0337. The smallest absolute Gasteiger partial charge is 0.303 e. The molecule has 118 valence electrons. The molecule has 20 heavy (non-hydrogen) atoms. The summed E-state index contributed by atoms with van der Waals surface area (Å²) in [6, 6.07) is 0. The van der Waals surface area contributed by atoms with E-state index in [9.17, 15) is 4.79 Å². The van der Waals surface area contributed by atoms with Crippen LogP contribution in [0.15, 0.2) is 0 Å². The summed E-state index contributed by atoms with van der Waals surface area (Å²) in [5.74, 6) is -0.620. The Morgan fingerprint density at radius 2 is 1.05 bits per heavy atom. The fourth-order valence-corrected chi connectivity index (χ4v) is 3.54. The second-order valence-electron chi connectivity index (χ2n) is 7.12. The summed E-state index contributed by atoms with van der Waals surface area (Å²) < 4.78 is 0. The summed E-state index contributed by atoms with van der Waals surface area (Å²) in [6.45, 7) is 2.19. The monoisotopic (exact) mass is 282 g/mol. The van der Waals surface area contributed by atoms with Crippen LogP contribution in [0, 0.1) is 5.41 Å². The molecule has 2 heteroatoms.